The highest BCUT2D eigenvalue weighted by molar-refractivity contribution is 7.99. The molecule has 0 saturated heterocycles. The molecule has 0 bridgehead atoms. The van der Waals surface area contributed by atoms with E-state index in [1.165, 1.54) is 30.0 Å². The lowest BCUT2D eigenvalue weighted by atomic mass is 10.1. The Bertz CT molecular complexity index is 1110. The van der Waals surface area contributed by atoms with Crippen molar-refractivity contribution in [3.05, 3.63) is 72.6 Å². The molecule has 0 spiro atoms. The fourth-order valence-corrected chi connectivity index (χ4v) is 4.26. The first-order valence-corrected chi connectivity index (χ1v) is 11.6. The number of halogens is 1. The van der Waals surface area contributed by atoms with Gasteiger partial charge in [0.15, 0.2) is 20.8 Å². The van der Waals surface area contributed by atoms with Gasteiger partial charge >= 0.3 is 0 Å². The zero-order chi connectivity index (χ0) is 21.0. The number of nitrogens with zero attached hydrogens (tertiary/aromatic N) is 3. The standard InChI is InChI=1S/C20H20FN3O3S2/c1-3-12-24-19(16-6-4-5-7-17(16)21)22-23-20(24)28-13-18(25)14-8-10-15(11-9-14)29(2,26)27/h3-11,18,25H,1,12-13H2,2H3. The van der Waals surface area contributed by atoms with E-state index in [0.717, 1.165) is 6.26 Å². The maximum atomic E-state index is 14.2. The Kier molecular flexibility index (Phi) is 6.51. The second-order valence-electron chi connectivity index (χ2n) is 6.35. The van der Waals surface area contributed by atoms with Crippen molar-refractivity contribution < 1.29 is 17.9 Å². The van der Waals surface area contributed by atoms with Crippen LogP contribution >= 0.6 is 11.8 Å². The van der Waals surface area contributed by atoms with E-state index >= 15 is 0 Å². The fraction of sp³-hybridized carbons (Fsp3) is 0.200. The van der Waals surface area contributed by atoms with Crippen LogP contribution in [-0.2, 0) is 16.4 Å². The zero-order valence-electron chi connectivity index (χ0n) is 15.7. The summed E-state index contributed by atoms with van der Waals surface area (Å²) >= 11 is 1.27. The van der Waals surface area contributed by atoms with Crippen LogP contribution in [0.2, 0.25) is 0 Å². The molecule has 0 radical (unpaired) electrons. The van der Waals surface area contributed by atoms with Crippen LogP contribution in [0.3, 0.4) is 0 Å². The van der Waals surface area contributed by atoms with Crippen LogP contribution in [0.15, 0.2) is 71.2 Å². The normalized spacial score (nSPS) is 12.7. The number of rotatable bonds is 8. The van der Waals surface area contributed by atoms with E-state index in [9.17, 15) is 17.9 Å². The third-order valence-electron chi connectivity index (χ3n) is 4.21. The molecule has 3 rings (SSSR count). The number of allylic oxidation sites excluding steroid dienone is 1. The van der Waals surface area contributed by atoms with Gasteiger partial charge in [0, 0.05) is 18.6 Å². The van der Waals surface area contributed by atoms with Crippen LogP contribution < -0.4 is 0 Å². The van der Waals surface area contributed by atoms with E-state index in [4.69, 9.17) is 0 Å². The third kappa shape index (κ3) is 4.92. The van der Waals surface area contributed by atoms with Gasteiger partial charge in [-0.05, 0) is 29.8 Å². The first-order chi connectivity index (χ1) is 13.8. The highest BCUT2D eigenvalue weighted by atomic mass is 32.2. The summed E-state index contributed by atoms with van der Waals surface area (Å²) in [5.41, 5.74) is 0.930. The van der Waals surface area contributed by atoms with E-state index in [1.807, 2.05) is 0 Å². The molecule has 0 aliphatic heterocycles. The van der Waals surface area contributed by atoms with Gasteiger partial charge in [0.1, 0.15) is 5.82 Å². The number of aliphatic hydroxyl groups excluding tert-OH is 1. The maximum Gasteiger partial charge on any atom is 0.191 e. The average molecular weight is 434 g/mol. The zero-order valence-corrected chi connectivity index (χ0v) is 17.3. The Morgan fingerprint density at radius 3 is 2.52 bits per heavy atom. The predicted octanol–water partition coefficient (Wildman–Crippen LogP) is 3.50. The van der Waals surface area contributed by atoms with Gasteiger partial charge in [-0.1, -0.05) is 42.1 Å². The molecule has 1 aromatic heterocycles. The summed E-state index contributed by atoms with van der Waals surface area (Å²) in [7, 11) is -3.29. The summed E-state index contributed by atoms with van der Waals surface area (Å²) < 4.78 is 39.0. The Hall–Kier alpha value is -2.49. The minimum absolute atomic E-state index is 0.196. The molecule has 1 heterocycles. The van der Waals surface area contributed by atoms with Crippen LogP contribution in [0.5, 0.6) is 0 Å². The fourth-order valence-electron chi connectivity index (χ4n) is 2.72. The lowest BCUT2D eigenvalue weighted by Gasteiger charge is -2.12. The maximum absolute atomic E-state index is 14.2. The lowest BCUT2D eigenvalue weighted by molar-refractivity contribution is 0.204. The quantitative estimate of drug-likeness (QED) is 0.432. The van der Waals surface area contributed by atoms with Crippen molar-refractivity contribution in [2.45, 2.75) is 22.7 Å². The second kappa shape index (κ2) is 8.89. The summed E-state index contributed by atoms with van der Waals surface area (Å²) in [4.78, 5) is 0.196. The minimum atomic E-state index is -3.29. The number of sulfone groups is 1. The van der Waals surface area contributed by atoms with Crippen LogP contribution in [-0.4, -0.2) is 40.3 Å². The summed E-state index contributed by atoms with van der Waals surface area (Å²) in [5.74, 6) is 0.260. The van der Waals surface area contributed by atoms with Crippen LogP contribution in [0, 0.1) is 5.82 Å². The molecule has 152 valence electrons. The van der Waals surface area contributed by atoms with Crippen molar-refractivity contribution in [3.8, 4) is 11.4 Å². The van der Waals surface area contributed by atoms with Gasteiger partial charge in [0.05, 0.1) is 16.6 Å². The largest absolute Gasteiger partial charge is 0.388 e. The van der Waals surface area contributed by atoms with Gasteiger partial charge in [-0.25, -0.2) is 12.8 Å². The highest BCUT2D eigenvalue weighted by Gasteiger charge is 2.18. The Morgan fingerprint density at radius 1 is 1.21 bits per heavy atom. The molecule has 1 N–H and O–H groups in total. The Morgan fingerprint density at radius 2 is 1.90 bits per heavy atom. The van der Waals surface area contributed by atoms with E-state index in [0.29, 0.717) is 28.7 Å². The van der Waals surface area contributed by atoms with Gasteiger partial charge in [-0.2, -0.15) is 0 Å². The molecule has 2 aromatic carbocycles. The van der Waals surface area contributed by atoms with Gasteiger partial charge in [0.2, 0.25) is 0 Å². The smallest absolute Gasteiger partial charge is 0.191 e. The van der Waals surface area contributed by atoms with E-state index < -0.39 is 21.8 Å². The molecule has 29 heavy (non-hydrogen) atoms. The minimum Gasteiger partial charge on any atom is -0.388 e. The molecular weight excluding hydrogens is 413 g/mol. The molecule has 0 fully saturated rings. The molecule has 9 heteroatoms. The molecule has 0 saturated carbocycles. The molecular formula is C20H20FN3O3S2. The van der Waals surface area contributed by atoms with Crippen molar-refractivity contribution in [3.63, 3.8) is 0 Å². The molecule has 0 aliphatic rings. The third-order valence-corrected chi connectivity index (χ3v) is 6.38. The summed E-state index contributed by atoms with van der Waals surface area (Å²) in [6, 6.07) is 12.4. The first-order valence-electron chi connectivity index (χ1n) is 8.71. The lowest BCUT2D eigenvalue weighted by Crippen LogP contribution is -2.05. The summed E-state index contributed by atoms with van der Waals surface area (Å²) in [6.07, 6.45) is 1.96. The van der Waals surface area contributed by atoms with Gasteiger partial charge < -0.3 is 5.11 Å². The van der Waals surface area contributed by atoms with Crippen molar-refractivity contribution >= 4 is 21.6 Å². The van der Waals surface area contributed by atoms with Crippen molar-refractivity contribution in [2.75, 3.05) is 12.0 Å². The Balaban J connectivity index is 1.78. The van der Waals surface area contributed by atoms with Crippen LogP contribution in [0.1, 0.15) is 11.7 Å². The molecule has 1 atom stereocenters. The number of hydrogen-bond donors (Lipinski definition) is 1. The van der Waals surface area contributed by atoms with E-state index in [2.05, 4.69) is 16.8 Å². The molecule has 6 nitrogen and oxygen atoms in total. The van der Waals surface area contributed by atoms with Crippen LogP contribution in [0.4, 0.5) is 4.39 Å². The van der Waals surface area contributed by atoms with Crippen molar-refractivity contribution in [1.29, 1.82) is 0 Å². The van der Waals surface area contributed by atoms with Crippen LogP contribution in [0.25, 0.3) is 11.4 Å². The van der Waals surface area contributed by atoms with E-state index in [1.54, 1.807) is 41.0 Å². The van der Waals surface area contributed by atoms with Gasteiger partial charge in [-0.15, -0.1) is 16.8 Å². The first kappa shape index (κ1) is 21.2. The monoisotopic (exact) mass is 433 g/mol. The topological polar surface area (TPSA) is 85.1 Å². The number of benzene rings is 2. The summed E-state index contributed by atoms with van der Waals surface area (Å²) in [6.45, 7) is 4.11. The molecule has 1 unspecified atom stereocenters. The predicted molar refractivity (Wildman–Crippen MR) is 111 cm³/mol. The molecule has 0 amide bonds. The number of hydrogen-bond acceptors (Lipinski definition) is 6. The van der Waals surface area contributed by atoms with E-state index in [-0.39, 0.29) is 10.6 Å². The van der Waals surface area contributed by atoms with Crippen molar-refractivity contribution in [2.24, 2.45) is 0 Å². The highest BCUT2D eigenvalue weighted by Crippen LogP contribution is 2.29. The molecule has 0 aliphatic carbocycles. The average Bonchev–Trinajstić information content (AvgIpc) is 3.08. The Labute approximate surface area is 173 Å². The SMILES string of the molecule is C=CCn1c(SCC(O)c2ccc(S(C)(=O)=O)cc2)nnc1-c1ccccc1F. The van der Waals surface area contributed by atoms with Crippen molar-refractivity contribution in [1.82, 2.24) is 14.8 Å². The molecule has 3 aromatic rings. The number of thioether (sulfide) groups is 1. The number of aliphatic hydroxyl groups is 1. The van der Waals surface area contributed by atoms with Gasteiger partial charge in [-0.3, -0.25) is 4.57 Å². The van der Waals surface area contributed by atoms with Gasteiger partial charge in [0.25, 0.3) is 0 Å². The summed E-state index contributed by atoms with van der Waals surface area (Å²) in [5, 5.41) is 19.2. The number of aromatic nitrogens is 3. The second-order valence-corrected chi connectivity index (χ2v) is 9.36.